The lowest BCUT2D eigenvalue weighted by Crippen LogP contribution is -2.17. The second kappa shape index (κ2) is 4.08. The molecule has 58 valence electrons. The van der Waals surface area contributed by atoms with Gasteiger partial charge in [0.25, 0.3) is 0 Å². The molecule has 1 heterocycles. The fourth-order valence-electron chi connectivity index (χ4n) is 0.764. The molecule has 0 spiro atoms. The first-order valence-electron chi connectivity index (χ1n) is 3.14. The highest BCUT2D eigenvalue weighted by Gasteiger charge is 2.18. The molecule has 0 unspecified atom stereocenters. The summed E-state index contributed by atoms with van der Waals surface area (Å²) in [5.41, 5.74) is 0. The minimum Gasteiger partial charge on any atom is -0.264 e. The zero-order valence-electron chi connectivity index (χ0n) is 5.49. The van der Waals surface area contributed by atoms with E-state index in [9.17, 15) is 10.1 Å². The van der Waals surface area contributed by atoms with Gasteiger partial charge in [-0.3, -0.25) is 10.1 Å². The summed E-state index contributed by atoms with van der Waals surface area (Å²) in [6.45, 7) is 0.120. The molecule has 1 saturated heterocycles. The van der Waals surface area contributed by atoms with Gasteiger partial charge >= 0.3 is 0 Å². The van der Waals surface area contributed by atoms with Crippen LogP contribution in [0.15, 0.2) is 0 Å². The van der Waals surface area contributed by atoms with Crippen molar-refractivity contribution in [2.24, 2.45) is 0 Å². The maximum Gasteiger partial charge on any atom is 0.224 e. The average Bonchev–Trinajstić information content (AvgIpc) is 1.88. The van der Waals surface area contributed by atoms with Crippen molar-refractivity contribution in [2.75, 3.05) is 18.1 Å². The molecule has 0 aromatic carbocycles. The molecule has 0 N–H and O–H groups in total. The Morgan fingerprint density at radius 2 is 2.10 bits per heavy atom. The second-order valence-corrected chi connectivity index (χ2v) is 4.96. The number of rotatable bonds is 2. The van der Waals surface area contributed by atoms with E-state index in [1.54, 1.807) is 23.5 Å². The number of hydrogen-bond donors (Lipinski definition) is 0. The molecule has 0 atom stereocenters. The van der Waals surface area contributed by atoms with Gasteiger partial charge in [0.15, 0.2) is 0 Å². The third-order valence-corrected chi connectivity index (χ3v) is 4.10. The van der Waals surface area contributed by atoms with Crippen LogP contribution in [-0.2, 0) is 0 Å². The molecule has 0 aliphatic carbocycles. The second-order valence-electron chi connectivity index (χ2n) is 2.04. The average molecular weight is 179 g/mol. The molecule has 0 saturated carbocycles. The van der Waals surface area contributed by atoms with Crippen molar-refractivity contribution in [1.29, 1.82) is 0 Å². The molecule has 0 radical (unpaired) electrons. The third-order valence-electron chi connectivity index (χ3n) is 1.19. The lowest BCUT2D eigenvalue weighted by atomic mass is 10.6. The fraction of sp³-hybridized carbons (Fsp3) is 1.00. The van der Waals surface area contributed by atoms with Gasteiger partial charge in [-0.25, -0.2) is 0 Å². The number of nitrogens with zero attached hydrogens (tertiary/aromatic N) is 1. The summed E-state index contributed by atoms with van der Waals surface area (Å²) in [6, 6.07) is 0. The van der Waals surface area contributed by atoms with E-state index in [2.05, 4.69) is 0 Å². The summed E-state index contributed by atoms with van der Waals surface area (Å²) in [4.78, 5) is 9.82. The maximum absolute atomic E-state index is 10.0. The van der Waals surface area contributed by atoms with Crippen molar-refractivity contribution < 1.29 is 4.92 Å². The van der Waals surface area contributed by atoms with Gasteiger partial charge in [0.05, 0.1) is 0 Å². The highest BCUT2D eigenvalue weighted by atomic mass is 32.2. The molecule has 1 aliphatic rings. The predicted octanol–water partition coefficient (Wildman–Crippen LogP) is 1.46. The Hall–Kier alpha value is 0.1000. The van der Waals surface area contributed by atoms with Gasteiger partial charge in [0.2, 0.25) is 6.54 Å². The van der Waals surface area contributed by atoms with Crippen molar-refractivity contribution in [1.82, 2.24) is 0 Å². The van der Waals surface area contributed by atoms with E-state index in [1.807, 2.05) is 0 Å². The van der Waals surface area contributed by atoms with Crippen LogP contribution in [0.3, 0.4) is 0 Å². The van der Waals surface area contributed by atoms with Gasteiger partial charge in [-0.15, -0.1) is 23.5 Å². The molecule has 1 fully saturated rings. The maximum atomic E-state index is 10.0. The van der Waals surface area contributed by atoms with Crippen LogP contribution >= 0.6 is 23.5 Å². The Morgan fingerprint density at radius 1 is 1.50 bits per heavy atom. The molecular formula is C5H9NO2S2. The van der Waals surface area contributed by atoms with Crippen molar-refractivity contribution in [3.05, 3.63) is 10.1 Å². The van der Waals surface area contributed by atoms with Crippen molar-refractivity contribution in [3.63, 3.8) is 0 Å². The molecule has 0 aromatic rings. The summed E-state index contributed by atoms with van der Waals surface area (Å²) in [7, 11) is 0. The van der Waals surface area contributed by atoms with Crippen LogP contribution in [0.1, 0.15) is 6.42 Å². The molecular weight excluding hydrogens is 170 g/mol. The lowest BCUT2D eigenvalue weighted by Gasteiger charge is -2.16. The third kappa shape index (κ3) is 2.79. The van der Waals surface area contributed by atoms with Gasteiger partial charge in [-0.1, -0.05) is 0 Å². The van der Waals surface area contributed by atoms with Gasteiger partial charge < -0.3 is 0 Å². The van der Waals surface area contributed by atoms with Crippen molar-refractivity contribution in [2.45, 2.75) is 11.0 Å². The Morgan fingerprint density at radius 3 is 2.60 bits per heavy atom. The monoisotopic (exact) mass is 179 g/mol. The summed E-state index contributed by atoms with van der Waals surface area (Å²) < 4.78 is 0.212. The van der Waals surface area contributed by atoms with E-state index < -0.39 is 0 Å². The Bertz CT molecular complexity index is 125. The molecule has 3 nitrogen and oxygen atoms in total. The highest BCUT2D eigenvalue weighted by Crippen LogP contribution is 2.30. The quantitative estimate of drug-likeness (QED) is 0.475. The predicted molar refractivity (Wildman–Crippen MR) is 45.2 cm³/mol. The Labute approximate surface area is 68.1 Å². The smallest absolute Gasteiger partial charge is 0.224 e. The first kappa shape index (κ1) is 8.20. The van der Waals surface area contributed by atoms with E-state index in [0.717, 1.165) is 11.5 Å². The van der Waals surface area contributed by atoms with Crippen LogP contribution in [0, 0.1) is 10.1 Å². The molecule has 1 rings (SSSR count). The van der Waals surface area contributed by atoms with Gasteiger partial charge in [0.1, 0.15) is 4.58 Å². The number of nitro groups is 1. The van der Waals surface area contributed by atoms with Gasteiger partial charge in [-0.05, 0) is 17.9 Å². The SMILES string of the molecule is O=[N+]([O-])CC1SCCCS1. The van der Waals surface area contributed by atoms with Crippen molar-refractivity contribution >= 4 is 23.5 Å². The minimum absolute atomic E-state index is 0.120. The lowest BCUT2D eigenvalue weighted by molar-refractivity contribution is -0.476. The first-order chi connectivity index (χ1) is 4.79. The van der Waals surface area contributed by atoms with Crippen LogP contribution in [0.2, 0.25) is 0 Å². The first-order valence-corrected chi connectivity index (χ1v) is 5.24. The van der Waals surface area contributed by atoms with E-state index >= 15 is 0 Å². The summed E-state index contributed by atoms with van der Waals surface area (Å²) >= 11 is 3.43. The molecule has 0 amide bonds. The van der Waals surface area contributed by atoms with Crippen LogP contribution in [0.5, 0.6) is 0 Å². The van der Waals surface area contributed by atoms with Crippen molar-refractivity contribution in [3.8, 4) is 0 Å². The number of hydrogen-bond acceptors (Lipinski definition) is 4. The van der Waals surface area contributed by atoms with E-state index in [0.29, 0.717) is 0 Å². The van der Waals surface area contributed by atoms with E-state index in [1.165, 1.54) is 6.42 Å². The highest BCUT2D eigenvalue weighted by molar-refractivity contribution is 8.17. The Balaban J connectivity index is 2.19. The zero-order valence-corrected chi connectivity index (χ0v) is 7.12. The Kier molecular flexibility index (Phi) is 3.34. The number of thioether (sulfide) groups is 2. The molecule has 10 heavy (non-hydrogen) atoms. The molecule has 0 aromatic heterocycles. The van der Waals surface area contributed by atoms with E-state index in [4.69, 9.17) is 0 Å². The standard InChI is InChI=1S/C5H9NO2S2/c7-6(8)4-5-9-2-1-3-10-5/h5H,1-4H2. The minimum atomic E-state index is -0.226. The molecule has 0 bridgehead atoms. The fourth-order valence-corrected chi connectivity index (χ4v) is 3.51. The summed E-state index contributed by atoms with van der Waals surface area (Å²) in [5, 5.41) is 10.0. The van der Waals surface area contributed by atoms with Crippen LogP contribution in [-0.4, -0.2) is 27.6 Å². The summed E-state index contributed by atoms with van der Waals surface area (Å²) in [6.07, 6.45) is 1.20. The normalized spacial score (nSPS) is 20.8. The van der Waals surface area contributed by atoms with Gasteiger partial charge in [-0.2, -0.15) is 0 Å². The van der Waals surface area contributed by atoms with Crippen LogP contribution in [0.4, 0.5) is 0 Å². The van der Waals surface area contributed by atoms with Crippen LogP contribution in [0.25, 0.3) is 0 Å². The molecule has 1 aliphatic heterocycles. The van der Waals surface area contributed by atoms with Gasteiger partial charge in [0, 0.05) is 4.92 Å². The van der Waals surface area contributed by atoms with Crippen LogP contribution < -0.4 is 0 Å². The largest absolute Gasteiger partial charge is 0.264 e. The topological polar surface area (TPSA) is 43.1 Å². The zero-order chi connectivity index (χ0) is 7.40. The molecule has 5 heteroatoms. The summed E-state index contributed by atoms with van der Waals surface area (Å²) in [5.74, 6) is 2.18. The van der Waals surface area contributed by atoms with E-state index in [-0.39, 0.29) is 16.1 Å².